The molecule has 6 aromatic carbocycles. The van der Waals surface area contributed by atoms with Gasteiger partial charge < -0.3 is 9.55 Å². The van der Waals surface area contributed by atoms with Crippen LogP contribution in [0, 0.1) is 30.6 Å². The second kappa shape index (κ2) is 16.7. The van der Waals surface area contributed by atoms with Crippen LogP contribution >= 0.6 is 11.3 Å². The predicted molar refractivity (Wildman–Crippen MR) is 233 cm³/mol. The molecule has 0 aliphatic carbocycles. The van der Waals surface area contributed by atoms with E-state index in [1.54, 1.807) is 23.5 Å². The fourth-order valence-corrected chi connectivity index (χ4v) is 7.77. The Kier molecular flexibility index (Phi) is 9.48. The van der Waals surface area contributed by atoms with Gasteiger partial charge in [0, 0.05) is 45.7 Å². The van der Waals surface area contributed by atoms with Crippen LogP contribution in [-0.4, -0.2) is 14.5 Å². The van der Waals surface area contributed by atoms with Gasteiger partial charge in [0.2, 0.25) is 0 Å². The standard InChI is InChI=1S/C38H31N2S.C13H12N.Ir/c1-38(2,3)24-26-21-22-35-31(23-26)32(25-41-35)37-39-33-19-10-11-20-34(33)40(37)36-29(27-13-6-4-7-14-27)17-12-18-30(36)28-15-8-5-9-16-28;1-10-3-6-12(7-4-10)13-8-5-11(2)9-14-13;/h4-23H,24H2,1-3H3;3-6,8-9H,1-2H3;/q2*-1;/i;1D3,2D3;. The summed E-state index contributed by atoms with van der Waals surface area (Å²) in [5.41, 5.74) is 12.0. The molecule has 0 fully saturated rings. The molecule has 0 amide bonds. The second-order valence-corrected chi connectivity index (χ2v) is 15.6. The van der Waals surface area contributed by atoms with Crippen LogP contribution in [-0.2, 0) is 26.5 Å². The first kappa shape index (κ1) is 31.7. The van der Waals surface area contributed by atoms with Gasteiger partial charge >= 0.3 is 0 Å². The molecule has 0 N–H and O–H groups in total. The van der Waals surface area contributed by atoms with Crippen molar-refractivity contribution >= 4 is 32.5 Å². The molecule has 9 aromatic rings. The van der Waals surface area contributed by atoms with E-state index in [9.17, 15) is 0 Å². The van der Waals surface area contributed by atoms with E-state index in [1.165, 1.54) is 62.3 Å². The number of benzene rings is 6. The van der Waals surface area contributed by atoms with Gasteiger partial charge in [0.25, 0.3) is 0 Å². The zero-order valence-corrected chi connectivity index (χ0v) is 34.5. The summed E-state index contributed by atoms with van der Waals surface area (Å²) in [4.78, 5) is 9.37. The zero-order chi connectivity index (χ0) is 42.9. The third-order valence-electron chi connectivity index (χ3n) is 9.38. The van der Waals surface area contributed by atoms with Crippen LogP contribution in [0.25, 0.3) is 71.7 Å². The van der Waals surface area contributed by atoms with Gasteiger partial charge in [-0.2, -0.15) is 0 Å². The number of hydrogen-bond donors (Lipinski definition) is 0. The molecule has 279 valence electrons. The molecule has 0 unspecified atom stereocenters. The number of thiophene rings is 1. The Morgan fingerprint density at radius 3 is 2.02 bits per heavy atom. The van der Waals surface area contributed by atoms with Crippen molar-refractivity contribution in [3.63, 3.8) is 0 Å². The van der Waals surface area contributed by atoms with Gasteiger partial charge in [-0.3, -0.25) is 16.3 Å². The molecule has 1 radical (unpaired) electrons. The molecule has 0 bridgehead atoms. The summed E-state index contributed by atoms with van der Waals surface area (Å²) in [5, 5.41) is 4.88. The van der Waals surface area contributed by atoms with Crippen molar-refractivity contribution in [1.82, 2.24) is 14.5 Å². The zero-order valence-electron chi connectivity index (χ0n) is 37.3. The van der Waals surface area contributed by atoms with Crippen molar-refractivity contribution in [3.05, 3.63) is 186 Å². The number of hydrogen-bond acceptors (Lipinski definition) is 3. The third-order valence-corrected chi connectivity index (χ3v) is 10.3. The molecule has 3 aromatic heterocycles. The molecular weight excluding hydrogens is 879 g/mol. The molecular formula is C51H43IrN3S-2. The molecule has 0 saturated heterocycles. The van der Waals surface area contributed by atoms with Gasteiger partial charge in [-0.15, -0.1) is 46.8 Å². The van der Waals surface area contributed by atoms with Gasteiger partial charge in [0.15, 0.2) is 0 Å². The Hall–Kier alpha value is -5.45. The number of pyridine rings is 1. The summed E-state index contributed by atoms with van der Waals surface area (Å²) >= 11 is 1.67. The largest absolute Gasteiger partial charge is 0.332 e. The number of imidazole rings is 1. The predicted octanol–water partition coefficient (Wildman–Crippen LogP) is 13.8. The van der Waals surface area contributed by atoms with Crippen molar-refractivity contribution < 1.29 is 28.3 Å². The molecule has 56 heavy (non-hydrogen) atoms. The van der Waals surface area contributed by atoms with Crippen molar-refractivity contribution in [3.8, 4) is 50.6 Å². The van der Waals surface area contributed by atoms with Crippen LogP contribution in [0.3, 0.4) is 0 Å². The van der Waals surface area contributed by atoms with Crippen LogP contribution in [0.2, 0.25) is 0 Å². The van der Waals surface area contributed by atoms with E-state index in [-0.39, 0.29) is 36.6 Å². The van der Waals surface area contributed by atoms with Crippen LogP contribution in [0.15, 0.2) is 158 Å². The molecule has 0 aliphatic heterocycles. The Morgan fingerprint density at radius 1 is 0.714 bits per heavy atom. The van der Waals surface area contributed by atoms with Crippen molar-refractivity contribution in [2.24, 2.45) is 5.41 Å². The van der Waals surface area contributed by atoms with Crippen LogP contribution in [0.5, 0.6) is 0 Å². The normalized spacial score (nSPS) is 13.3. The van der Waals surface area contributed by atoms with E-state index in [0.717, 1.165) is 34.5 Å². The molecule has 0 aliphatic rings. The summed E-state index contributed by atoms with van der Waals surface area (Å²) in [6.07, 6.45) is 2.32. The van der Waals surface area contributed by atoms with Gasteiger partial charge in [0.05, 0.1) is 22.5 Å². The maximum atomic E-state index is 7.28. The van der Waals surface area contributed by atoms with E-state index >= 15 is 0 Å². The van der Waals surface area contributed by atoms with Gasteiger partial charge in [-0.25, -0.2) is 0 Å². The molecule has 3 nitrogen and oxygen atoms in total. The van der Waals surface area contributed by atoms with E-state index in [4.69, 9.17) is 13.2 Å². The average Bonchev–Trinajstić information content (AvgIpc) is 3.84. The fraction of sp³-hybridized carbons (Fsp3) is 0.137. The van der Waals surface area contributed by atoms with E-state index in [1.807, 2.05) is 0 Å². The summed E-state index contributed by atoms with van der Waals surface area (Å²) in [5.74, 6) is 0.922. The fourth-order valence-electron chi connectivity index (χ4n) is 6.95. The van der Waals surface area contributed by atoms with Crippen molar-refractivity contribution in [2.75, 3.05) is 0 Å². The minimum atomic E-state index is -2.18. The number of aryl methyl sites for hydroxylation is 2. The minimum absolute atomic E-state index is 0. The first-order valence-corrected chi connectivity index (χ1v) is 19.1. The Bertz CT molecular complexity index is 2820. The number of aromatic nitrogens is 3. The number of nitrogens with zero attached hydrogens (tertiary/aromatic N) is 3. The quantitative estimate of drug-likeness (QED) is 0.156. The van der Waals surface area contributed by atoms with Gasteiger partial charge in [-0.05, 0) is 53.2 Å². The topological polar surface area (TPSA) is 30.7 Å². The van der Waals surface area contributed by atoms with Gasteiger partial charge in [-0.1, -0.05) is 164 Å². The Labute approximate surface area is 356 Å². The first-order valence-electron chi connectivity index (χ1n) is 21.3. The Morgan fingerprint density at radius 2 is 1.39 bits per heavy atom. The minimum Gasteiger partial charge on any atom is -0.332 e. The summed E-state index contributed by atoms with van der Waals surface area (Å²) in [6.45, 7) is 2.54. The number of fused-ring (bicyclic) bond motifs is 2. The van der Waals surface area contributed by atoms with Crippen LogP contribution < -0.4 is 0 Å². The van der Waals surface area contributed by atoms with Crippen LogP contribution in [0.4, 0.5) is 0 Å². The molecule has 9 rings (SSSR count). The second-order valence-electron chi connectivity index (χ2n) is 14.8. The maximum absolute atomic E-state index is 7.28. The average molecular weight is 928 g/mol. The maximum Gasteiger partial charge on any atom is 0.0774 e. The molecule has 0 spiro atoms. The smallest absolute Gasteiger partial charge is 0.0774 e. The number of para-hydroxylation sites is 3. The van der Waals surface area contributed by atoms with Crippen molar-refractivity contribution in [2.45, 2.75) is 40.9 Å². The summed E-state index contributed by atoms with van der Waals surface area (Å²) in [6, 6.07) is 53.8. The molecule has 0 atom stereocenters. The first-order chi connectivity index (χ1) is 29.1. The van der Waals surface area contributed by atoms with Crippen molar-refractivity contribution in [1.29, 1.82) is 0 Å². The molecule has 0 saturated carbocycles. The summed E-state index contributed by atoms with van der Waals surface area (Å²) in [7, 11) is 0. The molecule has 5 heteroatoms. The third kappa shape index (κ3) is 8.37. The number of rotatable bonds is 6. The van der Waals surface area contributed by atoms with E-state index in [2.05, 4.69) is 163 Å². The molecule has 3 heterocycles. The summed E-state index contributed by atoms with van der Waals surface area (Å²) < 4.78 is 47.2. The van der Waals surface area contributed by atoms with E-state index < -0.39 is 13.7 Å². The van der Waals surface area contributed by atoms with Crippen LogP contribution in [0.1, 0.15) is 45.7 Å². The Balaban J connectivity index is 0.000000233. The van der Waals surface area contributed by atoms with Gasteiger partial charge in [0.1, 0.15) is 0 Å². The monoisotopic (exact) mass is 928 g/mol. The SMILES string of the molecule is CC(C)(C)Cc1ccc2s[c-]c(-c3nc4ccccc4n3-c3c(-c4ccccc4)cccc3-c3ccccc3)c2c1.[2H]C([2H])([2H])c1c[c-]c(-c2ccc(C([2H])([2H])[2H])cn2)cc1.[Ir]. The van der Waals surface area contributed by atoms with E-state index in [0.29, 0.717) is 11.3 Å².